The molecule has 0 saturated heterocycles. The lowest BCUT2D eigenvalue weighted by molar-refractivity contribution is 0.446. The van der Waals surface area contributed by atoms with Crippen LogP contribution in [0.5, 0.6) is 0 Å². The minimum atomic E-state index is -3.07. The standard InChI is InChI=1S/C13H16BrNO2S/c1-10-9-12(3-4-13(10)14)11-5-7-15(8-6-11)18(2,16)17/h3-5,9H,6-8H2,1-2H3. The van der Waals surface area contributed by atoms with Crippen LogP contribution in [-0.2, 0) is 10.0 Å². The van der Waals surface area contributed by atoms with E-state index in [1.165, 1.54) is 27.3 Å². The molecule has 0 N–H and O–H groups in total. The quantitative estimate of drug-likeness (QED) is 0.836. The maximum atomic E-state index is 11.4. The summed E-state index contributed by atoms with van der Waals surface area (Å²) >= 11 is 3.48. The molecule has 0 bridgehead atoms. The maximum absolute atomic E-state index is 11.4. The van der Waals surface area contributed by atoms with Gasteiger partial charge in [0, 0.05) is 17.6 Å². The Morgan fingerprint density at radius 3 is 2.56 bits per heavy atom. The third-order valence-electron chi connectivity index (χ3n) is 3.17. The molecule has 18 heavy (non-hydrogen) atoms. The van der Waals surface area contributed by atoms with Gasteiger partial charge in [-0.25, -0.2) is 8.42 Å². The van der Waals surface area contributed by atoms with Crippen LogP contribution in [0, 0.1) is 6.92 Å². The molecule has 1 heterocycles. The molecule has 5 heteroatoms. The molecule has 1 aromatic rings. The van der Waals surface area contributed by atoms with Crippen molar-refractivity contribution in [3.05, 3.63) is 39.9 Å². The summed E-state index contributed by atoms with van der Waals surface area (Å²) in [5, 5.41) is 0. The van der Waals surface area contributed by atoms with E-state index >= 15 is 0 Å². The molecule has 0 fully saturated rings. The monoisotopic (exact) mass is 329 g/mol. The molecule has 1 aliphatic rings. The zero-order chi connectivity index (χ0) is 13.3. The number of halogens is 1. The molecule has 0 amide bonds. The molecule has 0 aliphatic carbocycles. The number of hydrogen-bond acceptors (Lipinski definition) is 2. The summed E-state index contributed by atoms with van der Waals surface area (Å²) in [6.45, 7) is 3.10. The van der Waals surface area contributed by atoms with Crippen molar-refractivity contribution in [1.82, 2.24) is 4.31 Å². The Labute approximate surface area is 117 Å². The van der Waals surface area contributed by atoms with E-state index in [4.69, 9.17) is 0 Å². The van der Waals surface area contributed by atoms with Crippen molar-refractivity contribution in [1.29, 1.82) is 0 Å². The van der Waals surface area contributed by atoms with Gasteiger partial charge in [-0.2, -0.15) is 4.31 Å². The van der Waals surface area contributed by atoms with E-state index < -0.39 is 10.0 Å². The van der Waals surface area contributed by atoms with E-state index in [2.05, 4.69) is 35.0 Å². The average molecular weight is 330 g/mol. The molecular weight excluding hydrogens is 314 g/mol. The van der Waals surface area contributed by atoms with E-state index in [9.17, 15) is 8.42 Å². The number of rotatable bonds is 2. The van der Waals surface area contributed by atoms with Crippen molar-refractivity contribution in [3.63, 3.8) is 0 Å². The summed E-state index contributed by atoms with van der Waals surface area (Å²) in [6.07, 6.45) is 4.04. The Balaban J connectivity index is 2.22. The lowest BCUT2D eigenvalue weighted by Gasteiger charge is -2.24. The summed E-state index contributed by atoms with van der Waals surface area (Å²) in [5.41, 5.74) is 3.60. The molecule has 1 aliphatic heterocycles. The highest BCUT2D eigenvalue weighted by atomic mass is 79.9. The van der Waals surface area contributed by atoms with Gasteiger partial charge in [0.25, 0.3) is 0 Å². The smallest absolute Gasteiger partial charge is 0.211 e. The highest BCUT2D eigenvalue weighted by Crippen LogP contribution is 2.26. The summed E-state index contributed by atoms with van der Waals surface area (Å²) in [5.74, 6) is 0. The van der Waals surface area contributed by atoms with Crippen molar-refractivity contribution < 1.29 is 8.42 Å². The second kappa shape index (κ2) is 5.15. The van der Waals surface area contributed by atoms with Crippen molar-refractivity contribution >= 4 is 31.5 Å². The maximum Gasteiger partial charge on any atom is 0.211 e. The van der Waals surface area contributed by atoms with Crippen molar-refractivity contribution in [2.24, 2.45) is 0 Å². The average Bonchev–Trinajstić information content (AvgIpc) is 2.32. The summed E-state index contributed by atoms with van der Waals surface area (Å²) in [7, 11) is -3.07. The van der Waals surface area contributed by atoms with E-state index in [0.29, 0.717) is 13.1 Å². The molecule has 0 aromatic heterocycles. The fourth-order valence-electron chi connectivity index (χ4n) is 2.06. The van der Waals surface area contributed by atoms with Crippen molar-refractivity contribution in [2.45, 2.75) is 13.3 Å². The Hall–Kier alpha value is -0.650. The molecule has 98 valence electrons. The third-order valence-corrected chi connectivity index (χ3v) is 5.33. The van der Waals surface area contributed by atoms with Gasteiger partial charge in [-0.05, 0) is 36.1 Å². The number of benzene rings is 1. The van der Waals surface area contributed by atoms with Crippen LogP contribution >= 0.6 is 15.9 Å². The Morgan fingerprint density at radius 1 is 1.33 bits per heavy atom. The number of sulfonamides is 1. The molecule has 1 aromatic carbocycles. The highest BCUT2D eigenvalue weighted by molar-refractivity contribution is 9.10. The number of aryl methyl sites for hydroxylation is 1. The first kappa shape index (κ1) is 13.8. The largest absolute Gasteiger partial charge is 0.212 e. The summed E-state index contributed by atoms with van der Waals surface area (Å²) in [4.78, 5) is 0. The molecular formula is C13H16BrNO2S. The minimum Gasteiger partial charge on any atom is -0.212 e. The molecule has 0 saturated carbocycles. The second-order valence-corrected chi connectivity index (χ2v) is 7.40. The Kier molecular flexibility index (Phi) is 3.94. The topological polar surface area (TPSA) is 37.4 Å². The predicted octanol–water partition coefficient (Wildman–Crippen LogP) is 2.81. The van der Waals surface area contributed by atoms with Crippen LogP contribution in [0.1, 0.15) is 17.5 Å². The van der Waals surface area contributed by atoms with Crippen LogP contribution in [0.25, 0.3) is 5.57 Å². The zero-order valence-electron chi connectivity index (χ0n) is 10.5. The van der Waals surface area contributed by atoms with Gasteiger partial charge in [0.2, 0.25) is 10.0 Å². The van der Waals surface area contributed by atoms with Gasteiger partial charge >= 0.3 is 0 Å². The van der Waals surface area contributed by atoms with E-state index in [-0.39, 0.29) is 0 Å². The SMILES string of the molecule is Cc1cc(C2=CCN(S(C)(=O)=O)CC2)ccc1Br. The van der Waals surface area contributed by atoms with Crippen LogP contribution in [0.2, 0.25) is 0 Å². The summed E-state index contributed by atoms with van der Waals surface area (Å²) < 4.78 is 25.4. The first-order chi connectivity index (χ1) is 8.38. The van der Waals surface area contributed by atoms with Gasteiger partial charge in [-0.3, -0.25) is 0 Å². The number of hydrogen-bond donors (Lipinski definition) is 0. The van der Waals surface area contributed by atoms with Crippen LogP contribution in [0.4, 0.5) is 0 Å². The number of nitrogens with zero attached hydrogens (tertiary/aromatic N) is 1. The Bertz CT molecular complexity index is 593. The molecule has 2 rings (SSSR count). The van der Waals surface area contributed by atoms with Gasteiger partial charge in [0.15, 0.2) is 0 Å². The third kappa shape index (κ3) is 3.02. The fraction of sp³-hybridized carbons (Fsp3) is 0.385. The lowest BCUT2D eigenvalue weighted by atomic mass is 9.99. The van der Waals surface area contributed by atoms with Gasteiger partial charge in [-0.15, -0.1) is 0 Å². The highest BCUT2D eigenvalue weighted by Gasteiger charge is 2.20. The first-order valence-corrected chi connectivity index (χ1v) is 8.43. The van der Waals surface area contributed by atoms with Crippen LogP contribution < -0.4 is 0 Å². The van der Waals surface area contributed by atoms with Gasteiger partial charge in [0.05, 0.1) is 6.26 Å². The fourth-order valence-corrected chi connectivity index (χ4v) is 3.07. The van der Waals surface area contributed by atoms with E-state index in [1.54, 1.807) is 0 Å². The Morgan fingerprint density at radius 2 is 2.06 bits per heavy atom. The minimum absolute atomic E-state index is 0.475. The van der Waals surface area contributed by atoms with Gasteiger partial charge < -0.3 is 0 Å². The lowest BCUT2D eigenvalue weighted by Crippen LogP contribution is -2.33. The van der Waals surface area contributed by atoms with Crippen molar-refractivity contribution in [2.75, 3.05) is 19.3 Å². The second-order valence-electron chi connectivity index (χ2n) is 4.56. The molecule has 0 atom stereocenters. The molecule has 0 unspecified atom stereocenters. The predicted molar refractivity (Wildman–Crippen MR) is 77.9 cm³/mol. The van der Waals surface area contributed by atoms with Crippen molar-refractivity contribution in [3.8, 4) is 0 Å². The zero-order valence-corrected chi connectivity index (χ0v) is 12.9. The van der Waals surface area contributed by atoms with Crippen LogP contribution in [0.15, 0.2) is 28.7 Å². The normalized spacial score (nSPS) is 17.6. The van der Waals surface area contributed by atoms with E-state index in [0.717, 1.165) is 10.9 Å². The molecule has 0 spiro atoms. The van der Waals surface area contributed by atoms with Gasteiger partial charge in [0.1, 0.15) is 0 Å². The molecule has 3 nitrogen and oxygen atoms in total. The first-order valence-electron chi connectivity index (χ1n) is 5.78. The van der Waals surface area contributed by atoms with Crippen LogP contribution in [0.3, 0.4) is 0 Å². The van der Waals surface area contributed by atoms with E-state index in [1.807, 2.05) is 12.1 Å². The van der Waals surface area contributed by atoms with Crippen LogP contribution in [-0.4, -0.2) is 32.1 Å². The van der Waals surface area contributed by atoms with Gasteiger partial charge in [-0.1, -0.05) is 34.1 Å². The molecule has 0 radical (unpaired) electrons. The summed E-state index contributed by atoms with van der Waals surface area (Å²) in [6, 6.07) is 6.24.